The molecule has 0 bridgehead atoms. The van der Waals surface area contributed by atoms with E-state index in [1.165, 1.54) is 21.5 Å². The Labute approximate surface area is 351 Å². The third kappa shape index (κ3) is 16.2. The molecule has 0 aliphatic heterocycles. The molecule has 0 spiro atoms. The van der Waals surface area contributed by atoms with Crippen molar-refractivity contribution in [3.8, 4) is 0 Å². The van der Waals surface area contributed by atoms with Crippen LogP contribution in [0.25, 0.3) is 21.5 Å². The van der Waals surface area contributed by atoms with Gasteiger partial charge in [0, 0.05) is 0 Å². The molecule has 0 heterocycles. The molecule has 0 N–H and O–H groups in total. The fraction of sp³-hybridized carbons (Fsp3) is 0.409. The smallest absolute Gasteiger partial charge is 1.00 e. The van der Waals surface area contributed by atoms with Crippen LogP contribution in [0.5, 0.6) is 0 Å². The Balaban J connectivity index is 0. The number of hydrogen-bond donors (Lipinski definition) is 0. The van der Waals surface area contributed by atoms with Gasteiger partial charge >= 0.3 is 43.4 Å². The van der Waals surface area contributed by atoms with Crippen molar-refractivity contribution < 1.29 is 68.2 Å². The molecule has 4 aromatic rings. The third-order valence-corrected chi connectivity index (χ3v) is 14.5. The summed E-state index contributed by atoms with van der Waals surface area (Å²) in [5.41, 5.74) is 0. The summed E-state index contributed by atoms with van der Waals surface area (Å²) in [4.78, 5) is 0. The van der Waals surface area contributed by atoms with Gasteiger partial charge in [0.1, 0.15) is 0 Å². The average Bonchev–Trinajstić information content (AvgIpc) is 3.74. The molecule has 0 amide bonds. The molecule has 0 saturated carbocycles. The second-order valence-corrected chi connectivity index (χ2v) is 23.8. The van der Waals surface area contributed by atoms with Gasteiger partial charge in [0.05, 0.1) is 0 Å². The number of hydrogen-bond acceptors (Lipinski definition) is 0. The quantitative estimate of drug-likeness (QED) is 0.115. The molecule has 2 aliphatic carbocycles. The molecule has 0 saturated heterocycles. The molecule has 268 valence electrons. The first-order valence-electron chi connectivity index (χ1n) is 16.7. The fourth-order valence-corrected chi connectivity index (χ4v) is 15.0. The molecule has 0 fully saturated rings. The molecule has 50 heavy (non-hydrogen) atoms. The van der Waals surface area contributed by atoms with Crippen molar-refractivity contribution in [1.82, 2.24) is 0 Å². The van der Waals surface area contributed by atoms with E-state index in [9.17, 15) is 0 Å². The first-order valence-corrected chi connectivity index (χ1v) is 19.4. The van der Waals surface area contributed by atoms with E-state index in [-0.39, 0.29) is 84.1 Å². The summed E-state index contributed by atoms with van der Waals surface area (Å²) in [7, 11) is -0.369. The van der Waals surface area contributed by atoms with E-state index in [1.54, 1.807) is 10.6 Å². The summed E-state index contributed by atoms with van der Waals surface area (Å²) in [6.45, 7) is 28.5. The van der Waals surface area contributed by atoms with E-state index in [2.05, 4.69) is 180 Å². The van der Waals surface area contributed by atoms with Gasteiger partial charge in [-0.1, -0.05) is 111 Å². The molecule has 0 nitrogen and oxygen atoms in total. The molecule has 2 aliphatic rings. The summed E-state index contributed by atoms with van der Waals surface area (Å²) in [5.74, 6) is 0. The zero-order valence-electron chi connectivity index (χ0n) is 32.5. The van der Waals surface area contributed by atoms with E-state index in [0.29, 0.717) is 20.6 Å². The topological polar surface area (TPSA) is 0 Å². The Morgan fingerprint density at radius 2 is 0.800 bits per heavy atom. The fourth-order valence-electron chi connectivity index (χ4n) is 6.77. The van der Waals surface area contributed by atoms with Gasteiger partial charge in [0.25, 0.3) is 0 Å². The molecule has 4 aromatic carbocycles. The van der Waals surface area contributed by atoms with Crippen molar-refractivity contribution in [2.24, 2.45) is 0 Å². The van der Waals surface area contributed by atoms with E-state index in [0.717, 1.165) is 12.8 Å². The van der Waals surface area contributed by atoms with Crippen LogP contribution in [-0.4, -0.2) is 20.6 Å². The first-order chi connectivity index (χ1) is 21.4. The van der Waals surface area contributed by atoms with Crippen LogP contribution in [0.3, 0.4) is 0 Å². The van der Waals surface area contributed by atoms with Crippen LogP contribution < -0.4 is 35.4 Å². The van der Waals surface area contributed by atoms with Crippen molar-refractivity contribution in [2.45, 2.75) is 117 Å². The second-order valence-electron chi connectivity index (χ2n) is 16.0. The van der Waals surface area contributed by atoms with Crippen LogP contribution in [0.15, 0.2) is 109 Å². The molecule has 6 rings (SSSR count). The number of rotatable bonds is 2. The summed E-state index contributed by atoms with van der Waals surface area (Å²) in [6.07, 6.45) is 20.0. The molecule has 6 heteroatoms. The largest absolute Gasteiger partial charge is 2.00 e. The van der Waals surface area contributed by atoms with Crippen LogP contribution in [0.4, 0.5) is 0 Å². The van der Waals surface area contributed by atoms with E-state index < -0.39 is 0 Å². The zero-order chi connectivity index (χ0) is 34.2. The predicted molar refractivity (Wildman–Crippen MR) is 214 cm³/mol. The van der Waals surface area contributed by atoms with Crippen molar-refractivity contribution in [1.29, 1.82) is 0 Å². The maximum Gasteiger partial charge on any atom is 2.00 e. The molecule has 0 atom stereocenters. The molecule has 0 unspecified atom stereocenters. The normalized spacial score (nSPS) is 13.2. The Kier molecular flexibility index (Phi) is 23.4. The monoisotopic (exact) mass is 814 g/mol. The standard InChI is InChI=1S/2C17H24P.2C5H5.2ClH.2Ti/c2*1-16(2,3)18(17(4,5)6)15-11-13-9-7-8-10-14(13)12-15;2*1-2-4-5-3-1;;;;/h2*7-12H,1-6H3;2*1-3H,4H2;2*1H;;/q4*-1;;;2*+2/p-2. The van der Waals surface area contributed by atoms with Gasteiger partial charge < -0.3 is 24.8 Å². The van der Waals surface area contributed by atoms with Gasteiger partial charge in [-0.05, 0) is 20.6 Å². The SMILES string of the molecule is CC(C)(C)P(c1cc2ccccc2[cH-]1)C(C)(C)C.CC(C)(C)P(c1cc2ccccc2[cH-]1)C(C)(C)C.[C-]1=CC=CC1.[C-]1=CC=CC1.[Cl-].[Cl-].[Ti+2].[Ti+2]. The van der Waals surface area contributed by atoms with Gasteiger partial charge in [-0.15, -0.1) is 93.5 Å². The van der Waals surface area contributed by atoms with Crippen LogP contribution >= 0.6 is 15.8 Å². The van der Waals surface area contributed by atoms with Crippen molar-refractivity contribution in [2.75, 3.05) is 0 Å². The molecular formula is C44H58Cl2P2Ti2-2. The number of benzene rings is 2. The maximum atomic E-state index is 2.99. The first kappa shape index (κ1) is 51.6. The molecule has 0 radical (unpaired) electrons. The molecular weight excluding hydrogens is 757 g/mol. The van der Waals surface area contributed by atoms with Crippen LogP contribution in [0, 0.1) is 12.2 Å². The summed E-state index contributed by atoms with van der Waals surface area (Å²) in [6, 6.07) is 27.0. The average molecular weight is 816 g/mol. The predicted octanol–water partition coefficient (Wildman–Crippen LogP) is 7.14. The number of halogens is 2. The zero-order valence-corrected chi connectivity index (χ0v) is 38.9. The van der Waals surface area contributed by atoms with E-state index in [1.807, 2.05) is 24.3 Å². The van der Waals surface area contributed by atoms with Gasteiger partial charge in [0.2, 0.25) is 0 Å². The Morgan fingerprint density at radius 3 is 1.00 bits per heavy atom. The van der Waals surface area contributed by atoms with E-state index >= 15 is 0 Å². The maximum absolute atomic E-state index is 2.99. The van der Waals surface area contributed by atoms with Crippen molar-refractivity contribution >= 4 is 48.0 Å². The minimum Gasteiger partial charge on any atom is -1.00 e. The van der Waals surface area contributed by atoms with Gasteiger partial charge in [-0.2, -0.15) is 24.3 Å². The van der Waals surface area contributed by atoms with E-state index in [4.69, 9.17) is 0 Å². The Morgan fingerprint density at radius 1 is 0.500 bits per heavy atom. The summed E-state index contributed by atoms with van der Waals surface area (Å²) >= 11 is 0. The van der Waals surface area contributed by atoms with Crippen molar-refractivity contribution in [3.05, 3.63) is 121 Å². The van der Waals surface area contributed by atoms with Crippen molar-refractivity contribution in [3.63, 3.8) is 0 Å². The van der Waals surface area contributed by atoms with Gasteiger partial charge in [0.15, 0.2) is 0 Å². The summed E-state index contributed by atoms with van der Waals surface area (Å²) in [5, 5.41) is 10.0. The Bertz CT molecular complexity index is 1410. The van der Waals surface area contributed by atoms with Crippen LogP contribution in [0.1, 0.15) is 95.9 Å². The number of allylic oxidation sites excluding steroid dienone is 8. The Hall–Kier alpha value is -0.511. The van der Waals surface area contributed by atoms with Gasteiger partial charge in [-0.25, -0.2) is 24.3 Å². The third-order valence-electron chi connectivity index (χ3n) is 7.58. The minimum atomic E-state index is -0.185. The second kappa shape index (κ2) is 22.6. The minimum absolute atomic E-state index is 0. The molecule has 0 aromatic heterocycles. The van der Waals surface area contributed by atoms with Gasteiger partial charge in [-0.3, -0.25) is 12.2 Å². The number of fused-ring (bicyclic) bond motifs is 2. The summed E-state index contributed by atoms with van der Waals surface area (Å²) < 4.78 is 0. The van der Waals surface area contributed by atoms with Crippen LogP contribution in [0.2, 0.25) is 0 Å². The van der Waals surface area contributed by atoms with Crippen LogP contribution in [-0.2, 0) is 43.4 Å².